The van der Waals surface area contributed by atoms with Crippen molar-refractivity contribution >= 4 is 28.2 Å². The lowest BCUT2D eigenvalue weighted by Gasteiger charge is -2.15. The highest BCUT2D eigenvalue weighted by molar-refractivity contribution is 7.13. The number of hydrogen-bond acceptors (Lipinski definition) is 4. The molecule has 0 aliphatic heterocycles. The van der Waals surface area contributed by atoms with Crippen molar-refractivity contribution in [2.45, 2.75) is 40.5 Å². The number of fused-ring (bicyclic) bond motifs is 1. The first kappa shape index (κ1) is 20.3. The second-order valence-electron chi connectivity index (χ2n) is 8.10. The molecule has 3 nitrogen and oxygen atoms in total. The van der Waals surface area contributed by atoms with E-state index in [-0.39, 0.29) is 11.9 Å². The zero-order valence-electron chi connectivity index (χ0n) is 17.9. The van der Waals surface area contributed by atoms with Crippen molar-refractivity contribution in [2.75, 3.05) is 0 Å². The van der Waals surface area contributed by atoms with Gasteiger partial charge >= 0.3 is 5.97 Å². The Bertz CT molecular complexity index is 1240. The summed E-state index contributed by atoms with van der Waals surface area (Å²) in [6.07, 6.45) is 0. The number of aryl methyl sites for hydroxylation is 3. The first-order chi connectivity index (χ1) is 14.3. The highest BCUT2D eigenvalue weighted by Crippen LogP contribution is 2.32. The zero-order chi connectivity index (χ0) is 21.4. The first-order valence-corrected chi connectivity index (χ1v) is 11.0. The molecule has 0 saturated heterocycles. The Morgan fingerprint density at radius 3 is 2.50 bits per heavy atom. The number of pyridine rings is 1. The van der Waals surface area contributed by atoms with E-state index >= 15 is 0 Å². The molecule has 0 spiro atoms. The molecule has 4 aromatic rings. The molecule has 0 bridgehead atoms. The monoisotopic (exact) mass is 415 g/mol. The molecule has 0 unspecified atom stereocenters. The van der Waals surface area contributed by atoms with Crippen LogP contribution in [0.3, 0.4) is 0 Å². The molecule has 0 aliphatic rings. The topological polar surface area (TPSA) is 39.2 Å². The predicted octanol–water partition coefficient (Wildman–Crippen LogP) is 7.23. The Balaban J connectivity index is 1.87. The molecule has 0 amide bonds. The van der Waals surface area contributed by atoms with Crippen molar-refractivity contribution in [2.24, 2.45) is 0 Å². The maximum atomic E-state index is 13.4. The number of aromatic nitrogens is 1. The number of ether oxygens (including phenoxy) is 1. The Morgan fingerprint density at radius 2 is 1.80 bits per heavy atom. The molecule has 0 fully saturated rings. The summed E-state index contributed by atoms with van der Waals surface area (Å²) in [6, 6.07) is 16.0. The molecule has 0 radical (unpaired) electrons. The molecule has 2 aromatic carbocycles. The van der Waals surface area contributed by atoms with E-state index in [1.165, 1.54) is 0 Å². The van der Waals surface area contributed by atoms with E-state index in [1.807, 2.05) is 62.5 Å². The Kier molecular flexibility index (Phi) is 5.44. The minimum atomic E-state index is -0.349. The third kappa shape index (κ3) is 3.88. The summed E-state index contributed by atoms with van der Waals surface area (Å²) in [6.45, 7) is 10.3. The maximum Gasteiger partial charge on any atom is 0.344 e. The second-order valence-corrected chi connectivity index (χ2v) is 9.04. The van der Waals surface area contributed by atoms with Crippen LogP contribution in [0.25, 0.3) is 21.5 Å². The highest BCUT2D eigenvalue weighted by Gasteiger charge is 2.20. The van der Waals surface area contributed by atoms with E-state index in [1.54, 1.807) is 11.3 Å². The van der Waals surface area contributed by atoms with E-state index in [0.717, 1.165) is 43.7 Å². The van der Waals surface area contributed by atoms with Crippen molar-refractivity contribution in [1.82, 2.24) is 4.98 Å². The summed E-state index contributed by atoms with van der Waals surface area (Å²) < 4.78 is 5.97. The van der Waals surface area contributed by atoms with Gasteiger partial charge in [-0.2, -0.15) is 0 Å². The van der Waals surface area contributed by atoms with Crippen LogP contribution in [-0.2, 0) is 0 Å². The van der Waals surface area contributed by atoms with Gasteiger partial charge in [-0.15, -0.1) is 11.3 Å². The average Bonchev–Trinajstić information content (AvgIpc) is 3.22. The molecule has 0 saturated carbocycles. The van der Waals surface area contributed by atoms with Gasteiger partial charge in [0.05, 0.1) is 21.7 Å². The van der Waals surface area contributed by atoms with Crippen LogP contribution in [0.2, 0.25) is 0 Å². The smallest absolute Gasteiger partial charge is 0.344 e. The highest BCUT2D eigenvalue weighted by atomic mass is 32.1. The van der Waals surface area contributed by atoms with Crippen molar-refractivity contribution in [3.63, 3.8) is 0 Å². The second kappa shape index (κ2) is 8.04. The van der Waals surface area contributed by atoms with Gasteiger partial charge in [0.1, 0.15) is 5.75 Å². The third-order valence-corrected chi connectivity index (χ3v) is 6.13. The molecular weight excluding hydrogens is 390 g/mol. The van der Waals surface area contributed by atoms with Crippen LogP contribution >= 0.6 is 11.3 Å². The van der Waals surface area contributed by atoms with Gasteiger partial charge in [0.25, 0.3) is 0 Å². The minimum Gasteiger partial charge on any atom is -0.423 e. The Morgan fingerprint density at radius 1 is 1.00 bits per heavy atom. The fraction of sp³-hybridized carbons (Fsp3) is 0.231. The Labute approximate surface area is 181 Å². The lowest BCUT2D eigenvalue weighted by Crippen LogP contribution is -2.12. The van der Waals surface area contributed by atoms with E-state index in [2.05, 4.69) is 26.0 Å². The van der Waals surface area contributed by atoms with Gasteiger partial charge in [0, 0.05) is 5.39 Å². The van der Waals surface area contributed by atoms with Gasteiger partial charge in [-0.3, -0.25) is 0 Å². The van der Waals surface area contributed by atoms with Crippen LogP contribution < -0.4 is 4.74 Å². The molecular formula is C26H25NO2S. The number of nitrogens with zero attached hydrogens (tertiary/aromatic N) is 1. The van der Waals surface area contributed by atoms with Gasteiger partial charge < -0.3 is 4.74 Å². The summed E-state index contributed by atoms with van der Waals surface area (Å²) in [4.78, 5) is 19.3. The lowest BCUT2D eigenvalue weighted by molar-refractivity contribution is 0.0735. The number of rotatable bonds is 4. The summed E-state index contributed by atoms with van der Waals surface area (Å²) in [5.74, 6) is 0.536. The number of esters is 1. The van der Waals surface area contributed by atoms with E-state index in [0.29, 0.717) is 11.3 Å². The van der Waals surface area contributed by atoms with Gasteiger partial charge in [0.2, 0.25) is 0 Å². The number of thiophene rings is 1. The van der Waals surface area contributed by atoms with Crippen LogP contribution in [0.1, 0.15) is 52.4 Å². The minimum absolute atomic E-state index is 0.258. The van der Waals surface area contributed by atoms with Crippen LogP contribution in [-0.4, -0.2) is 11.0 Å². The van der Waals surface area contributed by atoms with Gasteiger partial charge in [-0.05, 0) is 73.0 Å². The predicted molar refractivity (Wildman–Crippen MR) is 125 cm³/mol. The normalized spacial score (nSPS) is 11.3. The average molecular weight is 416 g/mol. The number of carbonyl (C=O) groups is 1. The maximum absolute atomic E-state index is 13.4. The van der Waals surface area contributed by atoms with Crippen molar-refractivity contribution in [1.29, 1.82) is 0 Å². The summed E-state index contributed by atoms with van der Waals surface area (Å²) >= 11 is 1.61. The van der Waals surface area contributed by atoms with Crippen LogP contribution in [0.4, 0.5) is 0 Å². The zero-order valence-corrected chi connectivity index (χ0v) is 18.8. The molecule has 2 aromatic heterocycles. The quantitative estimate of drug-likeness (QED) is 0.261. The fourth-order valence-electron chi connectivity index (χ4n) is 3.76. The van der Waals surface area contributed by atoms with Crippen LogP contribution in [0.15, 0.2) is 53.9 Å². The largest absolute Gasteiger partial charge is 0.423 e. The van der Waals surface area contributed by atoms with Gasteiger partial charge in [-0.25, -0.2) is 9.78 Å². The number of carbonyl (C=O) groups excluding carboxylic acids is 1. The van der Waals surface area contributed by atoms with Gasteiger partial charge in [0.15, 0.2) is 0 Å². The van der Waals surface area contributed by atoms with Crippen molar-refractivity contribution in [3.8, 4) is 16.3 Å². The van der Waals surface area contributed by atoms with E-state index < -0.39 is 0 Å². The summed E-state index contributed by atoms with van der Waals surface area (Å²) in [5.41, 5.74) is 6.42. The Hall–Kier alpha value is -2.98. The van der Waals surface area contributed by atoms with Crippen LogP contribution in [0.5, 0.6) is 5.75 Å². The molecule has 0 N–H and O–H groups in total. The number of hydrogen-bond donors (Lipinski definition) is 0. The lowest BCUT2D eigenvalue weighted by atomic mass is 10.00. The first-order valence-electron chi connectivity index (χ1n) is 10.1. The summed E-state index contributed by atoms with van der Waals surface area (Å²) in [7, 11) is 0. The van der Waals surface area contributed by atoms with Crippen molar-refractivity contribution in [3.05, 3.63) is 81.7 Å². The van der Waals surface area contributed by atoms with Crippen LogP contribution in [0, 0.1) is 20.8 Å². The standard InChI is InChI=1S/C26H25NO2S/c1-15(2)19-9-8-16(3)13-23(19)29-26(28)21-14-22(24-7-6-10-30-24)27-25-18(5)11-17(4)12-20(21)25/h6-15H,1-5H3. The fourth-order valence-corrected chi connectivity index (χ4v) is 4.45. The van der Waals surface area contributed by atoms with E-state index in [4.69, 9.17) is 9.72 Å². The molecule has 152 valence electrons. The van der Waals surface area contributed by atoms with E-state index in [9.17, 15) is 4.79 Å². The van der Waals surface area contributed by atoms with Crippen molar-refractivity contribution < 1.29 is 9.53 Å². The van der Waals surface area contributed by atoms with Gasteiger partial charge in [-0.1, -0.05) is 43.7 Å². The molecule has 0 aliphatic carbocycles. The molecule has 4 heteroatoms. The molecule has 4 rings (SSSR count). The molecule has 30 heavy (non-hydrogen) atoms. The SMILES string of the molecule is Cc1ccc(C(C)C)c(OC(=O)c2cc(-c3cccs3)nc3c(C)cc(C)cc23)c1. The molecule has 2 heterocycles. The molecule has 0 atom stereocenters. The number of benzene rings is 2. The summed E-state index contributed by atoms with van der Waals surface area (Å²) in [5, 5.41) is 2.85. The third-order valence-electron chi connectivity index (χ3n) is 5.24.